The molecule has 0 aliphatic carbocycles. The van der Waals surface area contributed by atoms with E-state index >= 15 is 0 Å². The predicted octanol–water partition coefficient (Wildman–Crippen LogP) is 4.84. The molecule has 0 aliphatic heterocycles. The first-order valence-corrected chi connectivity index (χ1v) is 11.6. The minimum atomic E-state index is -0.0493. The topological polar surface area (TPSA) is 91.1 Å². The highest BCUT2D eigenvalue weighted by Gasteiger charge is 2.18. The van der Waals surface area contributed by atoms with Gasteiger partial charge in [-0.1, -0.05) is 61.0 Å². The summed E-state index contributed by atoms with van der Waals surface area (Å²) in [4.78, 5) is 13.0. The quantitative estimate of drug-likeness (QED) is 0.317. The van der Waals surface area contributed by atoms with Gasteiger partial charge in [0, 0.05) is 6.54 Å². The zero-order valence-electron chi connectivity index (χ0n) is 17.2. The third-order valence-corrected chi connectivity index (χ3v) is 6.35. The lowest BCUT2D eigenvalue weighted by atomic mass is 10.2. The van der Waals surface area contributed by atoms with Crippen LogP contribution in [-0.2, 0) is 12.3 Å². The molecule has 162 valence electrons. The summed E-state index contributed by atoms with van der Waals surface area (Å²) in [5.74, 6) is 1.76. The van der Waals surface area contributed by atoms with Gasteiger partial charge in [0.25, 0.3) is 5.56 Å². The van der Waals surface area contributed by atoms with Crippen molar-refractivity contribution in [3.8, 4) is 11.5 Å². The van der Waals surface area contributed by atoms with E-state index in [9.17, 15) is 4.79 Å². The Kier molecular flexibility index (Phi) is 5.67. The molecule has 0 radical (unpaired) electrons. The van der Waals surface area contributed by atoms with Gasteiger partial charge >= 0.3 is 0 Å². The Labute approximate surface area is 192 Å². The maximum atomic E-state index is 13.0. The summed E-state index contributed by atoms with van der Waals surface area (Å²) in [7, 11) is 0. The first-order valence-electron chi connectivity index (χ1n) is 10.2. The lowest BCUT2D eigenvalue weighted by Gasteiger charge is -2.10. The van der Waals surface area contributed by atoms with E-state index < -0.39 is 0 Å². The molecule has 0 N–H and O–H groups in total. The first kappa shape index (κ1) is 20.7. The van der Waals surface area contributed by atoms with Crippen molar-refractivity contribution in [3.05, 3.63) is 69.8 Å². The molecule has 0 amide bonds. The number of halogens is 1. The molecule has 0 atom stereocenters. The molecule has 10 heteroatoms. The van der Waals surface area contributed by atoms with E-state index in [1.165, 1.54) is 11.8 Å². The SMILES string of the molecule is CCCCn1c(=O)c2ccccc2n2c(SCc3nnc(-c4ccccc4Cl)o3)nnc12. The lowest BCUT2D eigenvalue weighted by Crippen LogP contribution is -2.23. The second-order valence-electron chi connectivity index (χ2n) is 7.21. The summed E-state index contributed by atoms with van der Waals surface area (Å²) in [6, 6.07) is 14.8. The number of nitrogens with zero attached hydrogens (tertiary/aromatic N) is 6. The van der Waals surface area contributed by atoms with Crippen LogP contribution >= 0.6 is 23.4 Å². The standard InChI is InChI=1S/C22H19ClN6O2S/c1-2-3-12-28-20(30)15-9-5-7-11-17(15)29-21(28)26-27-22(29)32-13-18-24-25-19(31-18)14-8-4-6-10-16(14)23/h4-11H,2-3,12-13H2,1H3. The van der Waals surface area contributed by atoms with E-state index in [0.717, 1.165) is 18.4 Å². The monoisotopic (exact) mass is 466 g/mol. The van der Waals surface area contributed by atoms with E-state index in [1.54, 1.807) is 10.6 Å². The fourth-order valence-electron chi connectivity index (χ4n) is 3.53. The minimum Gasteiger partial charge on any atom is -0.420 e. The van der Waals surface area contributed by atoms with E-state index in [4.69, 9.17) is 16.0 Å². The van der Waals surface area contributed by atoms with E-state index in [-0.39, 0.29) is 5.56 Å². The number of unbranched alkanes of at least 4 members (excludes halogenated alkanes) is 1. The van der Waals surface area contributed by atoms with Crippen molar-refractivity contribution in [3.63, 3.8) is 0 Å². The Morgan fingerprint density at radius 2 is 1.84 bits per heavy atom. The van der Waals surface area contributed by atoms with Gasteiger partial charge in [-0.2, -0.15) is 0 Å². The molecule has 5 aromatic rings. The van der Waals surface area contributed by atoms with Crippen LogP contribution in [0.25, 0.3) is 28.1 Å². The maximum absolute atomic E-state index is 13.0. The van der Waals surface area contributed by atoms with Crippen LogP contribution in [0.15, 0.2) is 62.9 Å². The molecule has 0 bridgehead atoms. The number of aryl methyl sites for hydroxylation is 1. The van der Waals surface area contributed by atoms with Crippen LogP contribution in [0, 0.1) is 0 Å². The lowest BCUT2D eigenvalue weighted by molar-refractivity contribution is 0.528. The third kappa shape index (κ3) is 3.67. The highest BCUT2D eigenvalue weighted by molar-refractivity contribution is 7.98. The molecule has 0 spiro atoms. The number of benzene rings is 2. The van der Waals surface area contributed by atoms with Gasteiger partial charge in [-0.3, -0.25) is 13.8 Å². The van der Waals surface area contributed by atoms with Crippen molar-refractivity contribution in [1.82, 2.24) is 29.4 Å². The second-order valence-corrected chi connectivity index (χ2v) is 8.56. The molecule has 0 unspecified atom stereocenters. The summed E-state index contributed by atoms with van der Waals surface area (Å²) < 4.78 is 9.42. The molecule has 32 heavy (non-hydrogen) atoms. The summed E-state index contributed by atoms with van der Waals surface area (Å²) >= 11 is 7.65. The Morgan fingerprint density at radius 3 is 2.69 bits per heavy atom. The fraction of sp³-hybridized carbons (Fsp3) is 0.227. The van der Waals surface area contributed by atoms with Crippen LogP contribution in [0.2, 0.25) is 5.02 Å². The highest BCUT2D eigenvalue weighted by atomic mass is 35.5. The summed E-state index contributed by atoms with van der Waals surface area (Å²) in [5, 5.41) is 18.8. The van der Waals surface area contributed by atoms with Crippen molar-refractivity contribution < 1.29 is 4.42 Å². The largest absolute Gasteiger partial charge is 0.420 e. The molecule has 8 nitrogen and oxygen atoms in total. The molecule has 5 rings (SSSR count). The Morgan fingerprint density at radius 1 is 1.03 bits per heavy atom. The van der Waals surface area contributed by atoms with Crippen LogP contribution in [0.1, 0.15) is 25.7 Å². The molecule has 0 aliphatic rings. The van der Waals surface area contributed by atoms with Gasteiger partial charge in [-0.05, 0) is 30.7 Å². The summed E-state index contributed by atoms with van der Waals surface area (Å²) in [6.07, 6.45) is 1.86. The normalized spacial score (nSPS) is 11.6. The number of thioether (sulfide) groups is 1. The maximum Gasteiger partial charge on any atom is 0.262 e. The zero-order chi connectivity index (χ0) is 22.1. The third-order valence-electron chi connectivity index (χ3n) is 5.11. The van der Waals surface area contributed by atoms with Crippen LogP contribution in [0.3, 0.4) is 0 Å². The van der Waals surface area contributed by atoms with Crippen LogP contribution < -0.4 is 5.56 Å². The summed E-state index contributed by atoms with van der Waals surface area (Å²) in [6.45, 7) is 2.69. The van der Waals surface area contributed by atoms with Crippen molar-refractivity contribution in [2.45, 2.75) is 37.2 Å². The van der Waals surface area contributed by atoms with Crippen molar-refractivity contribution in [1.29, 1.82) is 0 Å². The molecule has 2 aromatic carbocycles. The average Bonchev–Trinajstić information content (AvgIpc) is 3.45. The summed E-state index contributed by atoms with van der Waals surface area (Å²) in [5.41, 5.74) is 1.42. The van der Waals surface area contributed by atoms with Gasteiger partial charge in [0.1, 0.15) is 0 Å². The number of aromatic nitrogens is 6. The van der Waals surface area contributed by atoms with Gasteiger partial charge in [0.05, 0.1) is 27.2 Å². The molecule has 3 heterocycles. The van der Waals surface area contributed by atoms with E-state index in [1.807, 2.05) is 46.9 Å². The number of fused-ring (bicyclic) bond motifs is 3. The smallest absolute Gasteiger partial charge is 0.262 e. The molecule has 0 saturated carbocycles. The van der Waals surface area contributed by atoms with E-state index in [2.05, 4.69) is 27.3 Å². The zero-order valence-corrected chi connectivity index (χ0v) is 18.8. The van der Waals surface area contributed by atoms with Gasteiger partial charge < -0.3 is 4.42 Å². The number of para-hydroxylation sites is 1. The fourth-order valence-corrected chi connectivity index (χ4v) is 4.52. The van der Waals surface area contributed by atoms with Gasteiger partial charge in [0.15, 0.2) is 5.16 Å². The van der Waals surface area contributed by atoms with Crippen LogP contribution in [0.5, 0.6) is 0 Å². The Balaban J connectivity index is 1.50. The average molecular weight is 467 g/mol. The predicted molar refractivity (Wildman–Crippen MR) is 124 cm³/mol. The molecule has 0 fully saturated rings. The number of rotatable bonds is 7. The number of hydrogen-bond acceptors (Lipinski definition) is 7. The van der Waals surface area contributed by atoms with E-state index in [0.29, 0.717) is 51.0 Å². The molecular weight excluding hydrogens is 448 g/mol. The van der Waals surface area contributed by atoms with Gasteiger partial charge in [-0.25, -0.2) is 0 Å². The molecule has 3 aromatic heterocycles. The number of hydrogen-bond donors (Lipinski definition) is 0. The van der Waals surface area contributed by atoms with Crippen LogP contribution in [-0.4, -0.2) is 29.4 Å². The first-order chi connectivity index (χ1) is 15.7. The van der Waals surface area contributed by atoms with Crippen molar-refractivity contribution >= 4 is 40.0 Å². The minimum absolute atomic E-state index is 0.0493. The molecule has 0 saturated heterocycles. The van der Waals surface area contributed by atoms with Crippen molar-refractivity contribution in [2.24, 2.45) is 0 Å². The highest BCUT2D eigenvalue weighted by Crippen LogP contribution is 2.29. The Bertz CT molecular complexity index is 1470. The van der Waals surface area contributed by atoms with Gasteiger partial charge in [-0.15, -0.1) is 20.4 Å². The van der Waals surface area contributed by atoms with Crippen molar-refractivity contribution in [2.75, 3.05) is 0 Å². The van der Waals surface area contributed by atoms with Gasteiger partial charge in [0.2, 0.25) is 17.6 Å². The van der Waals surface area contributed by atoms with Crippen LogP contribution in [0.4, 0.5) is 0 Å². The Hall–Kier alpha value is -3.17. The second kappa shape index (κ2) is 8.76. The molecular formula is C22H19ClN6O2S.